The number of ether oxygens (including phenoxy) is 1. The summed E-state index contributed by atoms with van der Waals surface area (Å²) in [6.45, 7) is 1.67. The Balaban J connectivity index is 1.77. The average Bonchev–Trinajstić information content (AvgIpc) is 2.64. The molecule has 0 spiro atoms. The van der Waals surface area contributed by atoms with Gasteiger partial charge in [-0.2, -0.15) is 0 Å². The Morgan fingerprint density at radius 2 is 1.70 bits per heavy atom. The number of hydrogen-bond acceptors (Lipinski definition) is 6. The first-order valence-corrected chi connectivity index (χ1v) is 9.40. The molecule has 0 aliphatic carbocycles. The molecule has 7 nitrogen and oxygen atoms in total. The molecular formula is C18H17FN4O3S. The number of nitrogens with zero attached hydrogens (tertiary/aromatic N) is 2. The van der Waals surface area contributed by atoms with Gasteiger partial charge < -0.3 is 10.1 Å². The van der Waals surface area contributed by atoms with Crippen molar-refractivity contribution in [2.24, 2.45) is 0 Å². The lowest BCUT2D eigenvalue weighted by Crippen LogP contribution is -2.15. The third-order valence-electron chi connectivity index (χ3n) is 3.71. The Labute approximate surface area is 156 Å². The van der Waals surface area contributed by atoms with E-state index in [1.807, 2.05) is 0 Å². The molecule has 2 aromatic carbocycles. The van der Waals surface area contributed by atoms with Gasteiger partial charge in [-0.3, -0.25) is 4.72 Å². The van der Waals surface area contributed by atoms with Gasteiger partial charge in [-0.1, -0.05) is 12.1 Å². The van der Waals surface area contributed by atoms with Crippen LogP contribution in [-0.2, 0) is 10.0 Å². The zero-order valence-corrected chi connectivity index (χ0v) is 15.4. The Morgan fingerprint density at radius 1 is 1.00 bits per heavy atom. The van der Waals surface area contributed by atoms with Crippen molar-refractivity contribution in [2.75, 3.05) is 17.1 Å². The summed E-state index contributed by atoms with van der Waals surface area (Å²) in [6.07, 6.45) is 0. The SMILES string of the molecule is COc1ccc(S(=O)(=O)Nc2ccc(Nc3ccccc3F)nn2)c(C)c1. The second kappa shape index (κ2) is 7.58. The van der Waals surface area contributed by atoms with E-state index in [-0.39, 0.29) is 22.2 Å². The fourth-order valence-corrected chi connectivity index (χ4v) is 3.62. The molecule has 0 fully saturated rings. The predicted octanol–water partition coefficient (Wildman–Crippen LogP) is 3.48. The molecule has 0 aliphatic heterocycles. The van der Waals surface area contributed by atoms with Crippen LogP contribution in [0.15, 0.2) is 59.5 Å². The number of benzene rings is 2. The highest BCUT2D eigenvalue weighted by atomic mass is 32.2. The molecular weight excluding hydrogens is 371 g/mol. The van der Waals surface area contributed by atoms with Crippen molar-refractivity contribution < 1.29 is 17.5 Å². The molecule has 3 rings (SSSR count). The smallest absolute Gasteiger partial charge is 0.263 e. The van der Waals surface area contributed by atoms with Crippen LogP contribution >= 0.6 is 0 Å². The van der Waals surface area contributed by atoms with Crippen LogP contribution in [0.25, 0.3) is 0 Å². The summed E-state index contributed by atoms with van der Waals surface area (Å²) in [5.41, 5.74) is 0.779. The number of sulfonamides is 1. The summed E-state index contributed by atoms with van der Waals surface area (Å²) in [6, 6.07) is 13.7. The van der Waals surface area contributed by atoms with E-state index in [2.05, 4.69) is 20.2 Å². The van der Waals surface area contributed by atoms with Crippen molar-refractivity contribution in [1.82, 2.24) is 10.2 Å². The minimum absolute atomic E-state index is 0.0456. The first-order valence-electron chi connectivity index (χ1n) is 7.92. The molecule has 0 bridgehead atoms. The van der Waals surface area contributed by atoms with Gasteiger partial charge in [0.25, 0.3) is 10.0 Å². The molecule has 1 heterocycles. The molecule has 3 aromatic rings. The summed E-state index contributed by atoms with van der Waals surface area (Å²) in [5.74, 6) is 0.460. The number of hydrogen-bond donors (Lipinski definition) is 2. The van der Waals surface area contributed by atoms with Crippen molar-refractivity contribution in [3.63, 3.8) is 0 Å². The summed E-state index contributed by atoms with van der Waals surface area (Å²) in [7, 11) is -2.33. The molecule has 1 aromatic heterocycles. The lowest BCUT2D eigenvalue weighted by molar-refractivity contribution is 0.414. The fraction of sp³-hybridized carbons (Fsp3) is 0.111. The van der Waals surface area contributed by atoms with Crippen LogP contribution in [0.5, 0.6) is 5.75 Å². The van der Waals surface area contributed by atoms with Gasteiger partial charge in [0.1, 0.15) is 11.6 Å². The second-order valence-corrected chi connectivity index (χ2v) is 7.30. The lowest BCUT2D eigenvalue weighted by Gasteiger charge is -2.11. The van der Waals surface area contributed by atoms with Gasteiger partial charge in [0.15, 0.2) is 11.6 Å². The molecule has 2 N–H and O–H groups in total. The third kappa shape index (κ3) is 4.32. The van der Waals surface area contributed by atoms with Crippen LogP contribution in [0.1, 0.15) is 5.56 Å². The monoisotopic (exact) mass is 388 g/mol. The van der Waals surface area contributed by atoms with E-state index >= 15 is 0 Å². The lowest BCUT2D eigenvalue weighted by atomic mass is 10.2. The topological polar surface area (TPSA) is 93.2 Å². The Hall–Kier alpha value is -3.20. The third-order valence-corrected chi connectivity index (χ3v) is 5.23. The number of aromatic nitrogens is 2. The standard InChI is InChI=1S/C18H17FN4O3S/c1-12-11-13(26-2)7-8-16(12)27(24,25)23-18-10-9-17(21-22-18)20-15-6-4-3-5-14(15)19/h3-11H,1-2H3,(H,20,21)(H,22,23). The Bertz CT molecular complexity index is 1060. The molecule has 0 saturated carbocycles. The maximum Gasteiger partial charge on any atom is 0.263 e. The highest BCUT2D eigenvalue weighted by Gasteiger charge is 2.18. The quantitative estimate of drug-likeness (QED) is 0.672. The van der Waals surface area contributed by atoms with E-state index < -0.39 is 15.8 Å². The van der Waals surface area contributed by atoms with E-state index in [0.717, 1.165) is 0 Å². The Morgan fingerprint density at radius 3 is 2.33 bits per heavy atom. The Kier molecular flexibility index (Phi) is 5.22. The van der Waals surface area contributed by atoms with E-state index in [4.69, 9.17) is 4.74 Å². The van der Waals surface area contributed by atoms with Crippen molar-refractivity contribution in [2.45, 2.75) is 11.8 Å². The molecule has 0 amide bonds. The number of nitrogens with one attached hydrogen (secondary N) is 2. The minimum Gasteiger partial charge on any atom is -0.497 e. The van der Waals surface area contributed by atoms with Crippen molar-refractivity contribution in [3.8, 4) is 5.75 Å². The van der Waals surface area contributed by atoms with Gasteiger partial charge in [-0.05, 0) is 55.0 Å². The zero-order valence-electron chi connectivity index (χ0n) is 14.6. The normalized spacial score (nSPS) is 11.1. The summed E-state index contributed by atoms with van der Waals surface area (Å²) < 4.78 is 46.2. The number of para-hydroxylation sites is 1. The highest BCUT2D eigenvalue weighted by molar-refractivity contribution is 7.92. The van der Waals surface area contributed by atoms with Gasteiger partial charge >= 0.3 is 0 Å². The molecule has 140 valence electrons. The highest BCUT2D eigenvalue weighted by Crippen LogP contribution is 2.23. The van der Waals surface area contributed by atoms with E-state index in [0.29, 0.717) is 11.3 Å². The molecule has 0 radical (unpaired) electrons. The van der Waals surface area contributed by atoms with Crippen molar-refractivity contribution in [3.05, 3.63) is 66.0 Å². The van der Waals surface area contributed by atoms with Gasteiger partial charge in [0, 0.05) is 0 Å². The number of methoxy groups -OCH3 is 1. The average molecular weight is 388 g/mol. The van der Waals surface area contributed by atoms with Crippen molar-refractivity contribution in [1.29, 1.82) is 0 Å². The van der Waals surface area contributed by atoms with Gasteiger partial charge in [0.2, 0.25) is 0 Å². The molecule has 0 aliphatic rings. The van der Waals surface area contributed by atoms with Gasteiger partial charge in [0.05, 0.1) is 17.7 Å². The minimum atomic E-state index is -3.84. The van der Waals surface area contributed by atoms with Crippen LogP contribution in [0.4, 0.5) is 21.7 Å². The van der Waals surface area contributed by atoms with Crippen molar-refractivity contribution >= 4 is 27.3 Å². The summed E-state index contributed by atoms with van der Waals surface area (Å²) in [5, 5.41) is 10.5. The number of halogens is 1. The van der Waals surface area contributed by atoms with Crippen LogP contribution in [-0.4, -0.2) is 25.7 Å². The molecule has 9 heteroatoms. The molecule has 27 heavy (non-hydrogen) atoms. The maximum atomic E-state index is 13.6. The first-order chi connectivity index (χ1) is 12.9. The number of anilines is 3. The fourth-order valence-electron chi connectivity index (χ4n) is 2.40. The van der Waals surface area contributed by atoms with E-state index in [1.165, 1.54) is 31.4 Å². The van der Waals surface area contributed by atoms with E-state index in [1.54, 1.807) is 37.3 Å². The first kappa shape index (κ1) is 18.6. The van der Waals surface area contributed by atoms with Crippen LogP contribution in [0.2, 0.25) is 0 Å². The van der Waals surface area contributed by atoms with E-state index in [9.17, 15) is 12.8 Å². The maximum absolute atomic E-state index is 13.6. The second-order valence-electron chi connectivity index (χ2n) is 5.65. The molecule has 0 atom stereocenters. The molecule has 0 saturated heterocycles. The summed E-state index contributed by atoms with van der Waals surface area (Å²) in [4.78, 5) is 0.110. The van der Waals surface area contributed by atoms with Gasteiger partial charge in [-0.25, -0.2) is 12.8 Å². The number of aryl methyl sites for hydroxylation is 1. The summed E-state index contributed by atoms with van der Waals surface area (Å²) >= 11 is 0. The van der Waals surface area contributed by atoms with Crippen LogP contribution in [0.3, 0.4) is 0 Å². The zero-order chi connectivity index (χ0) is 19.4. The largest absolute Gasteiger partial charge is 0.497 e. The molecule has 0 unspecified atom stereocenters. The van der Waals surface area contributed by atoms with Crippen LogP contribution in [0, 0.1) is 12.7 Å². The van der Waals surface area contributed by atoms with Gasteiger partial charge in [-0.15, -0.1) is 10.2 Å². The number of rotatable bonds is 6. The predicted molar refractivity (Wildman–Crippen MR) is 100 cm³/mol. The van der Waals surface area contributed by atoms with Crippen LogP contribution < -0.4 is 14.8 Å².